The number of Topliss-reactive ketones (excluding diaryl/α,β-unsaturated/α-hetero) is 1. The fraction of sp³-hybridized carbons (Fsp3) is 0.556. The second-order valence-corrected chi connectivity index (χ2v) is 3.27. The Hall–Kier alpha value is -0.740. The molecule has 0 saturated carbocycles. The molecule has 1 aromatic rings. The fourth-order valence-corrected chi connectivity index (χ4v) is 1.49. The summed E-state index contributed by atoms with van der Waals surface area (Å²) in [4.78, 5) is 11.4. The molecule has 0 N–H and O–H groups in total. The number of aromatic nitrogens is 1. The Morgan fingerprint density at radius 1 is 1.69 bits per heavy atom. The van der Waals surface area contributed by atoms with E-state index in [-0.39, 0.29) is 5.78 Å². The molecule has 1 aromatic heterocycles. The Kier molecular flexibility index (Phi) is 4.64. The molecule has 0 saturated heterocycles. The van der Waals surface area contributed by atoms with Crippen molar-refractivity contribution in [1.29, 1.82) is 0 Å². The van der Waals surface area contributed by atoms with Gasteiger partial charge in [0, 0.05) is 25.0 Å². The SMILES string of the molecule is CCOCCCC(=O)c1ccsn1. The zero-order valence-corrected chi connectivity index (χ0v) is 8.47. The number of carbonyl (C=O) groups excluding carboxylic acids is 1. The average Bonchev–Trinajstić information content (AvgIpc) is 2.65. The van der Waals surface area contributed by atoms with E-state index < -0.39 is 0 Å². The van der Waals surface area contributed by atoms with Crippen LogP contribution in [0.15, 0.2) is 11.4 Å². The third-order valence-electron chi connectivity index (χ3n) is 1.62. The van der Waals surface area contributed by atoms with Gasteiger partial charge in [-0.1, -0.05) is 0 Å². The Morgan fingerprint density at radius 3 is 3.15 bits per heavy atom. The molecule has 0 atom stereocenters. The molecular weight excluding hydrogens is 186 g/mol. The molecule has 13 heavy (non-hydrogen) atoms. The first-order chi connectivity index (χ1) is 6.34. The summed E-state index contributed by atoms with van der Waals surface area (Å²) in [7, 11) is 0. The van der Waals surface area contributed by atoms with Crippen molar-refractivity contribution in [2.24, 2.45) is 0 Å². The van der Waals surface area contributed by atoms with Gasteiger partial charge in [-0.05, 0) is 30.9 Å². The zero-order chi connectivity index (χ0) is 9.52. The number of ether oxygens (including phenoxy) is 1. The summed E-state index contributed by atoms with van der Waals surface area (Å²) in [6.45, 7) is 3.32. The number of rotatable bonds is 6. The minimum absolute atomic E-state index is 0.112. The van der Waals surface area contributed by atoms with Crippen molar-refractivity contribution < 1.29 is 9.53 Å². The lowest BCUT2D eigenvalue weighted by Gasteiger charge is -1.98. The highest BCUT2D eigenvalue weighted by Crippen LogP contribution is 2.05. The second-order valence-electron chi connectivity index (χ2n) is 2.61. The Morgan fingerprint density at radius 2 is 2.54 bits per heavy atom. The van der Waals surface area contributed by atoms with Crippen LogP contribution in [0.1, 0.15) is 30.3 Å². The molecule has 0 spiro atoms. The lowest BCUT2D eigenvalue weighted by atomic mass is 10.2. The van der Waals surface area contributed by atoms with Gasteiger partial charge in [0.05, 0.1) is 0 Å². The second kappa shape index (κ2) is 5.83. The van der Waals surface area contributed by atoms with Gasteiger partial charge in [0.25, 0.3) is 0 Å². The van der Waals surface area contributed by atoms with Gasteiger partial charge < -0.3 is 4.74 Å². The largest absolute Gasteiger partial charge is 0.382 e. The number of ketones is 1. The minimum atomic E-state index is 0.112. The summed E-state index contributed by atoms with van der Waals surface area (Å²) < 4.78 is 9.10. The van der Waals surface area contributed by atoms with E-state index in [2.05, 4.69) is 4.37 Å². The first-order valence-electron chi connectivity index (χ1n) is 4.36. The summed E-state index contributed by atoms with van der Waals surface area (Å²) in [5.41, 5.74) is 0.585. The Balaban J connectivity index is 2.19. The van der Waals surface area contributed by atoms with Crippen LogP contribution >= 0.6 is 11.5 Å². The van der Waals surface area contributed by atoms with E-state index in [1.807, 2.05) is 12.3 Å². The molecule has 0 radical (unpaired) electrons. The van der Waals surface area contributed by atoms with Crippen LogP contribution in [0, 0.1) is 0 Å². The van der Waals surface area contributed by atoms with Gasteiger partial charge in [-0.3, -0.25) is 4.79 Å². The average molecular weight is 199 g/mol. The van der Waals surface area contributed by atoms with Crippen molar-refractivity contribution in [1.82, 2.24) is 4.37 Å². The molecule has 0 aliphatic carbocycles. The number of carbonyl (C=O) groups is 1. The maximum absolute atomic E-state index is 11.4. The molecule has 0 aliphatic heterocycles. The van der Waals surface area contributed by atoms with Gasteiger partial charge in [0.1, 0.15) is 5.69 Å². The molecular formula is C9H13NO2S. The van der Waals surface area contributed by atoms with E-state index in [1.54, 1.807) is 6.07 Å². The maximum Gasteiger partial charge on any atom is 0.182 e. The zero-order valence-electron chi connectivity index (χ0n) is 7.66. The normalized spacial score (nSPS) is 10.2. The number of hydrogen-bond acceptors (Lipinski definition) is 4. The van der Waals surface area contributed by atoms with Gasteiger partial charge >= 0.3 is 0 Å². The van der Waals surface area contributed by atoms with Crippen LogP contribution in [-0.2, 0) is 4.74 Å². The van der Waals surface area contributed by atoms with Crippen LogP contribution in [0.2, 0.25) is 0 Å². The van der Waals surface area contributed by atoms with Gasteiger partial charge in [0.2, 0.25) is 0 Å². The lowest BCUT2D eigenvalue weighted by molar-refractivity contribution is 0.0943. The van der Waals surface area contributed by atoms with E-state index in [0.717, 1.165) is 6.42 Å². The lowest BCUT2D eigenvalue weighted by Crippen LogP contribution is -2.02. The minimum Gasteiger partial charge on any atom is -0.382 e. The summed E-state index contributed by atoms with van der Waals surface area (Å²) in [6.07, 6.45) is 1.31. The standard InChI is InChI=1S/C9H13NO2S/c1-2-12-6-3-4-9(11)8-5-7-13-10-8/h5,7H,2-4,6H2,1H3. The van der Waals surface area contributed by atoms with Gasteiger partial charge in [-0.2, -0.15) is 4.37 Å². The van der Waals surface area contributed by atoms with Crippen LogP contribution in [0.5, 0.6) is 0 Å². The van der Waals surface area contributed by atoms with E-state index in [4.69, 9.17) is 4.74 Å². The molecule has 0 aliphatic rings. The number of hydrogen-bond donors (Lipinski definition) is 0. The van der Waals surface area contributed by atoms with Crippen molar-refractivity contribution in [3.05, 3.63) is 17.1 Å². The van der Waals surface area contributed by atoms with E-state index in [0.29, 0.717) is 25.3 Å². The predicted molar refractivity (Wildman–Crippen MR) is 52.2 cm³/mol. The third kappa shape index (κ3) is 3.65. The first kappa shape index (κ1) is 10.3. The topological polar surface area (TPSA) is 39.2 Å². The maximum atomic E-state index is 11.4. The summed E-state index contributed by atoms with van der Waals surface area (Å²) in [5.74, 6) is 0.112. The smallest absolute Gasteiger partial charge is 0.182 e. The first-order valence-corrected chi connectivity index (χ1v) is 5.19. The monoisotopic (exact) mass is 199 g/mol. The van der Waals surface area contributed by atoms with Crippen molar-refractivity contribution >= 4 is 17.3 Å². The van der Waals surface area contributed by atoms with E-state index >= 15 is 0 Å². The number of nitrogens with zero attached hydrogens (tertiary/aromatic N) is 1. The molecule has 0 unspecified atom stereocenters. The quantitative estimate of drug-likeness (QED) is 0.520. The molecule has 3 nitrogen and oxygen atoms in total. The summed E-state index contributed by atoms with van der Waals surface area (Å²) in [6, 6.07) is 1.76. The van der Waals surface area contributed by atoms with Gasteiger partial charge in [-0.15, -0.1) is 0 Å². The van der Waals surface area contributed by atoms with Crippen LogP contribution in [0.3, 0.4) is 0 Å². The Bertz CT molecular complexity index is 246. The van der Waals surface area contributed by atoms with Crippen LogP contribution in [0.4, 0.5) is 0 Å². The van der Waals surface area contributed by atoms with Crippen molar-refractivity contribution in [3.8, 4) is 0 Å². The van der Waals surface area contributed by atoms with Gasteiger partial charge in [-0.25, -0.2) is 0 Å². The molecule has 4 heteroatoms. The van der Waals surface area contributed by atoms with Crippen molar-refractivity contribution in [2.45, 2.75) is 19.8 Å². The molecule has 0 bridgehead atoms. The molecule has 0 fully saturated rings. The molecule has 0 amide bonds. The highest BCUT2D eigenvalue weighted by Gasteiger charge is 2.06. The Labute approximate surface area is 81.9 Å². The summed E-state index contributed by atoms with van der Waals surface area (Å²) in [5, 5.41) is 1.82. The van der Waals surface area contributed by atoms with Gasteiger partial charge in [0.15, 0.2) is 5.78 Å². The fourth-order valence-electron chi connectivity index (χ4n) is 0.964. The van der Waals surface area contributed by atoms with Crippen LogP contribution in [-0.4, -0.2) is 23.4 Å². The summed E-state index contributed by atoms with van der Waals surface area (Å²) >= 11 is 1.31. The van der Waals surface area contributed by atoms with Crippen LogP contribution in [0.25, 0.3) is 0 Å². The molecule has 72 valence electrons. The molecule has 1 rings (SSSR count). The van der Waals surface area contributed by atoms with E-state index in [1.165, 1.54) is 11.5 Å². The highest BCUT2D eigenvalue weighted by molar-refractivity contribution is 7.03. The predicted octanol–water partition coefficient (Wildman–Crippen LogP) is 2.14. The third-order valence-corrected chi connectivity index (χ3v) is 2.18. The molecule has 1 heterocycles. The van der Waals surface area contributed by atoms with Crippen LogP contribution < -0.4 is 0 Å². The highest BCUT2D eigenvalue weighted by atomic mass is 32.1. The van der Waals surface area contributed by atoms with Crippen molar-refractivity contribution in [3.63, 3.8) is 0 Å². The van der Waals surface area contributed by atoms with Crippen molar-refractivity contribution in [2.75, 3.05) is 13.2 Å². The van der Waals surface area contributed by atoms with E-state index in [9.17, 15) is 4.79 Å². The molecule has 0 aromatic carbocycles.